The van der Waals surface area contributed by atoms with E-state index in [2.05, 4.69) is 45.6 Å². The molecule has 3 aromatic rings. The van der Waals surface area contributed by atoms with E-state index < -0.39 is 0 Å². The molecule has 1 aromatic carbocycles. The highest BCUT2D eigenvalue weighted by molar-refractivity contribution is 7.98. The largest absolute Gasteiger partial charge is 0.361 e. The first kappa shape index (κ1) is 12.9. The van der Waals surface area contributed by atoms with Gasteiger partial charge in [-0.25, -0.2) is 14.6 Å². The summed E-state index contributed by atoms with van der Waals surface area (Å²) in [6.07, 6.45) is 5.41. The molecule has 6 heteroatoms. The first-order valence-electron chi connectivity index (χ1n) is 6.21. The van der Waals surface area contributed by atoms with Gasteiger partial charge in [0.1, 0.15) is 17.4 Å². The van der Waals surface area contributed by atoms with E-state index in [0.29, 0.717) is 0 Å². The maximum Gasteiger partial charge on any atom is 0.158 e. The molecule has 0 fully saturated rings. The minimum atomic E-state index is 0.845. The van der Waals surface area contributed by atoms with Crippen molar-refractivity contribution in [3.05, 3.63) is 36.8 Å². The van der Waals surface area contributed by atoms with Crippen molar-refractivity contribution in [3.63, 3.8) is 0 Å². The fourth-order valence-electron chi connectivity index (χ4n) is 2.10. The van der Waals surface area contributed by atoms with Crippen LogP contribution in [-0.4, -0.2) is 40.1 Å². The van der Waals surface area contributed by atoms with E-state index in [4.69, 9.17) is 0 Å². The van der Waals surface area contributed by atoms with Gasteiger partial charge in [-0.1, -0.05) is 0 Å². The highest BCUT2D eigenvalue weighted by Crippen LogP contribution is 2.25. The van der Waals surface area contributed by atoms with Gasteiger partial charge in [0.05, 0.1) is 11.9 Å². The molecule has 0 N–H and O–H groups in total. The topological polar surface area (TPSA) is 46.8 Å². The number of aromatic nitrogens is 4. The second-order valence-corrected chi connectivity index (χ2v) is 5.46. The Labute approximate surface area is 121 Å². The Morgan fingerprint density at radius 3 is 2.50 bits per heavy atom. The Hall–Kier alpha value is -2.08. The molecule has 2 aromatic heterocycles. The Morgan fingerprint density at radius 2 is 1.85 bits per heavy atom. The van der Waals surface area contributed by atoms with Gasteiger partial charge in [0.2, 0.25) is 0 Å². The molecular formula is C14H15N5S. The highest BCUT2D eigenvalue weighted by atomic mass is 32.2. The molecule has 20 heavy (non-hydrogen) atoms. The molecule has 2 heterocycles. The molecule has 0 saturated heterocycles. The van der Waals surface area contributed by atoms with Crippen LogP contribution in [0.25, 0.3) is 16.7 Å². The van der Waals surface area contributed by atoms with Crippen molar-refractivity contribution in [2.24, 2.45) is 0 Å². The number of hydrogen-bond donors (Lipinski definition) is 0. The maximum atomic E-state index is 4.44. The van der Waals surface area contributed by atoms with Crippen LogP contribution < -0.4 is 4.90 Å². The average Bonchev–Trinajstić information content (AvgIpc) is 2.91. The molecule has 0 aliphatic rings. The smallest absolute Gasteiger partial charge is 0.158 e. The number of fused-ring (bicyclic) bond motifs is 1. The lowest BCUT2D eigenvalue weighted by molar-refractivity contribution is 0.901. The SMILES string of the molecule is CSc1ccc(-n2ncc3ncnc(N(C)C)c32)cc1. The van der Waals surface area contributed by atoms with E-state index >= 15 is 0 Å². The highest BCUT2D eigenvalue weighted by Gasteiger charge is 2.13. The molecule has 0 atom stereocenters. The summed E-state index contributed by atoms with van der Waals surface area (Å²) in [6.45, 7) is 0. The van der Waals surface area contributed by atoms with Crippen LogP contribution in [0.15, 0.2) is 41.7 Å². The van der Waals surface area contributed by atoms with Crippen molar-refractivity contribution in [1.29, 1.82) is 0 Å². The molecule has 0 aliphatic heterocycles. The molecule has 3 rings (SSSR count). The zero-order valence-corrected chi connectivity index (χ0v) is 12.4. The quantitative estimate of drug-likeness (QED) is 0.692. The van der Waals surface area contributed by atoms with Crippen LogP contribution >= 0.6 is 11.8 Å². The van der Waals surface area contributed by atoms with Crippen LogP contribution in [0.5, 0.6) is 0 Å². The zero-order valence-electron chi connectivity index (χ0n) is 11.6. The third kappa shape index (κ3) is 2.12. The fourth-order valence-corrected chi connectivity index (χ4v) is 2.51. The minimum Gasteiger partial charge on any atom is -0.361 e. The van der Waals surface area contributed by atoms with Gasteiger partial charge in [0, 0.05) is 19.0 Å². The van der Waals surface area contributed by atoms with E-state index in [0.717, 1.165) is 22.5 Å². The summed E-state index contributed by atoms with van der Waals surface area (Å²) in [5.41, 5.74) is 2.78. The average molecular weight is 285 g/mol. The van der Waals surface area contributed by atoms with Crippen LogP contribution in [0, 0.1) is 0 Å². The van der Waals surface area contributed by atoms with E-state index in [-0.39, 0.29) is 0 Å². The number of benzene rings is 1. The summed E-state index contributed by atoms with van der Waals surface area (Å²) in [7, 11) is 3.94. The number of nitrogens with zero attached hydrogens (tertiary/aromatic N) is 5. The van der Waals surface area contributed by atoms with Crippen molar-refractivity contribution in [1.82, 2.24) is 19.7 Å². The monoisotopic (exact) mass is 285 g/mol. The predicted octanol–water partition coefficient (Wildman–Crippen LogP) is 2.60. The van der Waals surface area contributed by atoms with Crippen molar-refractivity contribution in [3.8, 4) is 5.69 Å². The molecule has 0 unspecified atom stereocenters. The third-order valence-corrected chi connectivity index (χ3v) is 3.82. The lowest BCUT2D eigenvalue weighted by atomic mass is 10.3. The number of hydrogen-bond acceptors (Lipinski definition) is 5. The van der Waals surface area contributed by atoms with Crippen molar-refractivity contribution < 1.29 is 0 Å². The molecule has 0 amide bonds. The van der Waals surface area contributed by atoms with Crippen LogP contribution in [-0.2, 0) is 0 Å². The first-order chi connectivity index (χ1) is 9.70. The molecule has 0 spiro atoms. The second kappa shape index (κ2) is 5.13. The molecule has 0 aliphatic carbocycles. The van der Waals surface area contributed by atoms with Crippen molar-refractivity contribution in [2.45, 2.75) is 4.90 Å². The lowest BCUT2D eigenvalue weighted by Gasteiger charge is -2.13. The Bertz CT molecular complexity index is 733. The number of anilines is 1. The molecule has 0 saturated carbocycles. The predicted molar refractivity (Wildman–Crippen MR) is 82.8 cm³/mol. The Balaban J connectivity index is 2.20. The van der Waals surface area contributed by atoms with Crippen molar-refractivity contribution >= 4 is 28.6 Å². The van der Waals surface area contributed by atoms with E-state index in [1.807, 2.05) is 23.7 Å². The molecule has 0 bridgehead atoms. The van der Waals surface area contributed by atoms with Crippen LogP contribution in [0.3, 0.4) is 0 Å². The molecule has 0 radical (unpaired) electrons. The van der Waals surface area contributed by atoms with E-state index in [9.17, 15) is 0 Å². The number of thioether (sulfide) groups is 1. The summed E-state index contributed by atoms with van der Waals surface area (Å²) < 4.78 is 1.88. The fraction of sp³-hybridized carbons (Fsp3) is 0.214. The van der Waals surface area contributed by atoms with Gasteiger partial charge in [-0.05, 0) is 30.5 Å². The zero-order chi connectivity index (χ0) is 14.1. The van der Waals surface area contributed by atoms with Crippen LogP contribution in [0.4, 0.5) is 5.82 Å². The van der Waals surface area contributed by atoms with E-state index in [1.54, 1.807) is 24.3 Å². The molecule has 5 nitrogen and oxygen atoms in total. The normalized spacial score (nSPS) is 10.9. The lowest BCUT2D eigenvalue weighted by Crippen LogP contribution is -2.13. The van der Waals surface area contributed by atoms with Gasteiger partial charge in [-0.3, -0.25) is 0 Å². The Kier molecular flexibility index (Phi) is 3.31. The third-order valence-electron chi connectivity index (χ3n) is 3.08. The number of rotatable bonds is 3. The molecule has 102 valence electrons. The Morgan fingerprint density at radius 1 is 1.10 bits per heavy atom. The standard InChI is InChI=1S/C14H15N5S/c1-18(2)14-13-12(15-9-16-14)8-17-19(13)10-4-6-11(20-3)7-5-10/h4-9H,1-3H3. The molecular weight excluding hydrogens is 270 g/mol. The van der Waals surface area contributed by atoms with Gasteiger partial charge >= 0.3 is 0 Å². The first-order valence-corrected chi connectivity index (χ1v) is 7.43. The van der Waals surface area contributed by atoms with Crippen LogP contribution in [0.2, 0.25) is 0 Å². The maximum absolute atomic E-state index is 4.44. The van der Waals surface area contributed by atoms with Gasteiger partial charge in [-0.2, -0.15) is 5.10 Å². The summed E-state index contributed by atoms with van der Waals surface area (Å²) in [5, 5.41) is 4.44. The van der Waals surface area contributed by atoms with Gasteiger partial charge in [0.15, 0.2) is 5.82 Å². The van der Waals surface area contributed by atoms with Crippen LogP contribution in [0.1, 0.15) is 0 Å². The minimum absolute atomic E-state index is 0.845. The van der Waals surface area contributed by atoms with Gasteiger partial charge in [0.25, 0.3) is 0 Å². The van der Waals surface area contributed by atoms with Crippen molar-refractivity contribution in [2.75, 3.05) is 25.3 Å². The van der Waals surface area contributed by atoms with Gasteiger partial charge < -0.3 is 4.90 Å². The second-order valence-electron chi connectivity index (χ2n) is 4.58. The summed E-state index contributed by atoms with van der Waals surface area (Å²) in [6, 6.07) is 8.30. The summed E-state index contributed by atoms with van der Waals surface area (Å²) >= 11 is 1.72. The summed E-state index contributed by atoms with van der Waals surface area (Å²) in [5.74, 6) is 0.862. The van der Waals surface area contributed by atoms with E-state index in [1.165, 1.54) is 4.90 Å². The summed E-state index contributed by atoms with van der Waals surface area (Å²) in [4.78, 5) is 11.8. The van der Waals surface area contributed by atoms with Gasteiger partial charge in [-0.15, -0.1) is 11.8 Å².